The molecule has 2 aromatic rings. The summed E-state index contributed by atoms with van der Waals surface area (Å²) in [6, 6.07) is 13.9. The summed E-state index contributed by atoms with van der Waals surface area (Å²) in [5.41, 5.74) is 0.934. The Hall–Kier alpha value is -1.59. The highest BCUT2D eigenvalue weighted by atomic mass is 32.2. The highest BCUT2D eigenvalue weighted by Crippen LogP contribution is 2.60. The Kier molecular flexibility index (Phi) is 4.46. The first-order chi connectivity index (χ1) is 12.2. The maximum Gasteiger partial charge on any atom is 0.327 e. The van der Waals surface area contributed by atoms with Crippen LogP contribution in [0.3, 0.4) is 0 Å². The lowest BCUT2D eigenvalue weighted by Gasteiger charge is -2.45. The van der Waals surface area contributed by atoms with Gasteiger partial charge in [0.2, 0.25) is 0 Å². The summed E-state index contributed by atoms with van der Waals surface area (Å²) in [6.45, 7) is 0. The van der Waals surface area contributed by atoms with E-state index in [1.165, 1.54) is 18.9 Å². The molecule has 25 heavy (non-hydrogen) atoms. The van der Waals surface area contributed by atoms with Gasteiger partial charge < -0.3 is 4.74 Å². The molecule has 2 heterocycles. The Bertz CT molecular complexity index is 768. The van der Waals surface area contributed by atoms with Crippen LogP contribution in [0, 0.1) is 11.8 Å². The molecule has 3 atom stereocenters. The lowest BCUT2D eigenvalue weighted by Crippen LogP contribution is -2.49. The second kappa shape index (κ2) is 6.61. The van der Waals surface area contributed by atoms with Gasteiger partial charge in [0.15, 0.2) is 0 Å². The number of esters is 1. The van der Waals surface area contributed by atoms with Gasteiger partial charge in [-0.1, -0.05) is 36.4 Å². The number of carbonyl (C=O) groups is 2. The molecule has 1 aliphatic heterocycles. The number of ether oxygens (including phenoxy) is 1. The van der Waals surface area contributed by atoms with Gasteiger partial charge in [-0.25, -0.2) is 0 Å². The van der Waals surface area contributed by atoms with E-state index in [1.54, 1.807) is 11.3 Å². The number of benzene rings is 1. The predicted octanol–water partition coefficient (Wildman–Crippen LogP) is 4.24. The number of hydrogen-bond acceptors (Lipinski definition) is 5. The largest absolute Gasteiger partial charge is 0.468 e. The highest BCUT2D eigenvalue weighted by molar-refractivity contribution is 8.01. The van der Waals surface area contributed by atoms with Crippen LogP contribution in [0.2, 0.25) is 0 Å². The van der Waals surface area contributed by atoms with Crippen molar-refractivity contribution in [1.29, 1.82) is 0 Å². The van der Waals surface area contributed by atoms with Gasteiger partial charge in [0, 0.05) is 16.7 Å². The molecule has 5 heteroatoms. The third-order valence-corrected chi connectivity index (χ3v) is 7.78. The van der Waals surface area contributed by atoms with Crippen LogP contribution in [0.15, 0.2) is 47.8 Å². The van der Waals surface area contributed by atoms with E-state index in [1.807, 2.05) is 41.8 Å². The topological polar surface area (TPSA) is 43.4 Å². The molecule has 0 amide bonds. The number of hydrogen-bond donors (Lipinski definition) is 0. The molecule has 0 radical (unpaired) electrons. The normalized spacial score (nSPS) is 29.4. The molecule has 1 saturated carbocycles. The van der Waals surface area contributed by atoms with E-state index in [9.17, 15) is 9.59 Å². The average molecular weight is 373 g/mol. The van der Waals surface area contributed by atoms with Crippen molar-refractivity contribution in [2.75, 3.05) is 12.9 Å². The highest BCUT2D eigenvalue weighted by Gasteiger charge is 2.60. The molecule has 1 unspecified atom stereocenters. The van der Waals surface area contributed by atoms with Crippen molar-refractivity contribution in [2.45, 2.75) is 23.5 Å². The summed E-state index contributed by atoms with van der Waals surface area (Å²) >= 11 is 3.07. The minimum Gasteiger partial charge on any atom is -0.468 e. The Morgan fingerprint density at radius 1 is 1.16 bits per heavy atom. The molecule has 1 aliphatic carbocycles. The fraction of sp³-hybridized carbons (Fsp3) is 0.400. The third kappa shape index (κ3) is 2.74. The summed E-state index contributed by atoms with van der Waals surface area (Å²) in [6.07, 6.45) is 2.16. The molecular weight excluding hydrogens is 352 g/mol. The second-order valence-corrected chi connectivity index (χ2v) is 8.91. The summed E-state index contributed by atoms with van der Waals surface area (Å²) in [7, 11) is 1.45. The van der Waals surface area contributed by atoms with Crippen LogP contribution in [0.4, 0.5) is 0 Å². The number of thioether (sulfide) groups is 1. The van der Waals surface area contributed by atoms with Gasteiger partial charge in [0.05, 0.1) is 12.9 Å². The van der Waals surface area contributed by atoms with E-state index >= 15 is 0 Å². The van der Waals surface area contributed by atoms with Crippen LogP contribution in [0.1, 0.15) is 29.2 Å². The number of rotatable bonds is 4. The molecule has 1 aromatic heterocycles. The smallest absolute Gasteiger partial charge is 0.327 e. The van der Waals surface area contributed by atoms with E-state index in [0.717, 1.165) is 23.3 Å². The number of Topliss-reactive ketones (excluding diaryl/α,β-unsaturated/α-hetero) is 1. The lowest BCUT2D eigenvalue weighted by molar-refractivity contribution is -0.145. The third-order valence-electron chi connectivity index (χ3n) is 5.28. The number of thiophene rings is 1. The zero-order valence-corrected chi connectivity index (χ0v) is 15.6. The van der Waals surface area contributed by atoms with Gasteiger partial charge in [0.1, 0.15) is 10.5 Å². The molecule has 3 nitrogen and oxygen atoms in total. The lowest BCUT2D eigenvalue weighted by atomic mass is 9.72. The number of ketones is 1. The Labute approximate surface area is 155 Å². The van der Waals surface area contributed by atoms with Crippen molar-refractivity contribution in [2.24, 2.45) is 11.8 Å². The standard InChI is InChI=1S/C20H20O3S2/c1-23-19(22)20(14-6-3-2-4-7-14)18(16-8-5-11-24-16)17(13-9-10-13)15(21)12-25-20/h2-8,11,13,17-18H,9-10,12H2,1H3/t17?,18-,20-/m1/s1. The summed E-state index contributed by atoms with van der Waals surface area (Å²) < 4.78 is 4.43. The van der Waals surface area contributed by atoms with Gasteiger partial charge in [-0.05, 0) is 35.8 Å². The number of methoxy groups -OCH3 is 1. The van der Waals surface area contributed by atoms with Crippen molar-refractivity contribution >= 4 is 34.9 Å². The summed E-state index contributed by atoms with van der Waals surface area (Å²) in [4.78, 5) is 27.1. The first-order valence-corrected chi connectivity index (χ1v) is 10.4. The first-order valence-electron chi connectivity index (χ1n) is 8.52. The fourth-order valence-corrected chi connectivity index (χ4v) is 6.59. The molecule has 1 aromatic carbocycles. The fourth-order valence-electron chi connectivity index (χ4n) is 4.05. The van der Waals surface area contributed by atoms with Gasteiger partial charge in [-0.2, -0.15) is 0 Å². The number of carbonyl (C=O) groups excluding carboxylic acids is 2. The molecule has 0 N–H and O–H groups in total. The van der Waals surface area contributed by atoms with E-state index < -0.39 is 4.75 Å². The second-order valence-electron chi connectivity index (χ2n) is 6.70. The molecule has 0 spiro atoms. The molecule has 0 bridgehead atoms. The van der Waals surface area contributed by atoms with E-state index in [-0.39, 0.29) is 23.6 Å². The van der Waals surface area contributed by atoms with Crippen molar-refractivity contribution in [1.82, 2.24) is 0 Å². The molecular formula is C20H20O3S2. The average Bonchev–Trinajstić information content (AvgIpc) is 3.35. The maximum absolute atomic E-state index is 13.1. The summed E-state index contributed by atoms with van der Waals surface area (Å²) in [5.74, 6) is 0.530. The first kappa shape index (κ1) is 16.9. The van der Waals surface area contributed by atoms with Crippen LogP contribution in [0.5, 0.6) is 0 Å². The Balaban J connectivity index is 1.93. The maximum atomic E-state index is 13.1. The molecule has 2 aliphatic rings. The van der Waals surface area contributed by atoms with Crippen LogP contribution < -0.4 is 0 Å². The van der Waals surface area contributed by atoms with E-state index in [2.05, 4.69) is 6.07 Å². The van der Waals surface area contributed by atoms with Crippen LogP contribution in [0.25, 0.3) is 0 Å². The van der Waals surface area contributed by atoms with E-state index in [4.69, 9.17) is 4.74 Å². The van der Waals surface area contributed by atoms with Gasteiger partial charge in [-0.3, -0.25) is 9.59 Å². The monoisotopic (exact) mass is 372 g/mol. The van der Waals surface area contributed by atoms with Crippen molar-refractivity contribution in [3.8, 4) is 0 Å². The van der Waals surface area contributed by atoms with Gasteiger partial charge >= 0.3 is 5.97 Å². The quantitative estimate of drug-likeness (QED) is 0.753. The minimum absolute atomic E-state index is 0.0980. The van der Waals surface area contributed by atoms with Crippen LogP contribution >= 0.6 is 23.1 Å². The predicted molar refractivity (Wildman–Crippen MR) is 101 cm³/mol. The molecule has 1 saturated heterocycles. The Morgan fingerprint density at radius 2 is 1.92 bits per heavy atom. The zero-order valence-electron chi connectivity index (χ0n) is 14.0. The van der Waals surface area contributed by atoms with Crippen molar-refractivity contribution < 1.29 is 14.3 Å². The van der Waals surface area contributed by atoms with Crippen LogP contribution in [-0.4, -0.2) is 24.6 Å². The molecule has 4 rings (SSSR count). The van der Waals surface area contributed by atoms with Gasteiger partial charge in [-0.15, -0.1) is 23.1 Å². The van der Waals surface area contributed by atoms with Crippen molar-refractivity contribution in [3.63, 3.8) is 0 Å². The molecule has 130 valence electrons. The Morgan fingerprint density at radius 3 is 2.52 bits per heavy atom. The van der Waals surface area contributed by atoms with E-state index in [0.29, 0.717) is 11.7 Å². The van der Waals surface area contributed by atoms with Crippen LogP contribution in [-0.2, 0) is 19.1 Å². The van der Waals surface area contributed by atoms with Gasteiger partial charge in [0.25, 0.3) is 0 Å². The summed E-state index contributed by atoms with van der Waals surface area (Å²) in [5, 5.41) is 2.02. The minimum atomic E-state index is -0.859. The van der Waals surface area contributed by atoms with Crippen molar-refractivity contribution in [3.05, 3.63) is 58.3 Å². The zero-order chi connectivity index (χ0) is 17.4. The SMILES string of the molecule is COC(=O)[C@]1(c2ccccc2)SCC(=O)C(C2CC2)[C@H]1c1cccs1. The molecule has 2 fully saturated rings.